The van der Waals surface area contributed by atoms with E-state index < -0.39 is 18.4 Å². The van der Waals surface area contributed by atoms with E-state index in [9.17, 15) is 9.59 Å². The summed E-state index contributed by atoms with van der Waals surface area (Å²) in [5.74, 6) is 0.864. The molecule has 0 spiro atoms. The number of esters is 1. The van der Waals surface area contributed by atoms with Gasteiger partial charge in [-0.1, -0.05) is 0 Å². The van der Waals surface area contributed by atoms with Gasteiger partial charge in [0.05, 0.1) is 25.5 Å². The second-order valence-corrected chi connectivity index (χ2v) is 8.42. The van der Waals surface area contributed by atoms with Crippen molar-refractivity contribution in [3.8, 4) is 5.75 Å². The highest BCUT2D eigenvalue weighted by Gasteiger charge is 2.26. The van der Waals surface area contributed by atoms with Crippen LogP contribution in [0.5, 0.6) is 5.75 Å². The molecule has 1 N–H and O–H groups in total. The number of nitrogens with one attached hydrogen (secondary N) is 1. The summed E-state index contributed by atoms with van der Waals surface area (Å²) in [6, 6.07) is 6.87. The van der Waals surface area contributed by atoms with Gasteiger partial charge in [-0.25, -0.2) is 0 Å². The Labute approximate surface area is 164 Å². The van der Waals surface area contributed by atoms with E-state index in [2.05, 4.69) is 17.8 Å². The van der Waals surface area contributed by atoms with Crippen LogP contribution in [0, 0.1) is 0 Å². The molecule has 0 heterocycles. The fourth-order valence-electron chi connectivity index (χ4n) is 2.10. The highest BCUT2D eigenvalue weighted by Crippen LogP contribution is 2.19. The van der Waals surface area contributed by atoms with E-state index >= 15 is 0 Å². The lowest BCUT2D eigenvalue weighted by molar-refractivity contribution is -0.187. The molecule has 1 aromatic rings. The van der Waals surface area contributed by atoms with Crippen LogP contribution in [0.1, 0.15) is 20.3 Å². The first kappa shape index (κ1) is 23.3. The van der Waals surface area contributed by atoms with Gasteiger partial charge in [0.25, 0.3) is 6.29 Å². The van der Waals surface area contributed by atoms with Crippen molar-refractivity contribution < 1.29 is 28.5 Å². The van der Waals surface area contributed by atoms with Crippen LogP contribution in [0.3, 0.4) is 0 Å². The Balaban J connectivity index is 2.70. The van der Waals surface area contributed by atoms with Gasteiger partial charge in [-0.2, -0.15) is 0 Å². The summed E-state index contributed by atoms with van der Waals surface area (Å²) in [6.07, 6.45) is 3.21. The minimum Gasteiger partial charge on any atom is -0.452 e. The molecule has 27 heavy (non-hydrogen) atoms. The van der Waals surface area contributed by atoms with Crippen molar-refractivity contribution in [3.05, 3.63) is 24.3 Å². The van der Waals surface area contributed by atoms with Crippen LogP contribution in [0.4, 0.5) is 5.69 Å². The maximum absolute atomic E-state index is 11.9. The molecule has 0 aromatic heterocycles. The molecular weight excluding hydrogens is 370 g/mol. The van der Waals surface area contributed by atoms with Gasteiger partial charge in [-0.05, 0) is 42.1 Å². The van der Waals surface area contributed by atoms with Crippen LogP contribution >= 0.6 is 0 Å². The van der Waals surface area contributed by atoms with Crippen LogP contribution in [-0.2, 0) is 34.7 Å². The maximum Gasteiger partial charge on any atom is 0.305 e. The lowest BCUT2D eigenvalue weighted by Crippen LogP contribution is -2.40. The second kappa shape index (κ2) is 12.6. The van der Waals surface area contributed by atoms with E-state index in [1.54, 1.807) is 24.3 Å². The Morgan fingerprint density at radius 2 is 1.85 bits per heavy atom. The number of hydrogen-bond acceptors (Lipinski definition) is 6. The van der Waals surface area contributed by atoms with E-state index in [1.807, 2.05) is 6.92 Å². The van der Waals surface area contributed by atoms with Crippen molar-refractivity contribution in [2.75, 3.05) is 43.9 Å². The topological polar surface area (TPSA) is 83.1 Å². The zero-order valence-corrected chi connectivity index (χ0v) is 17.5. The van der Waals surface area contributed by atoms with Crippen LogP contribution in [0.15, 0.2) is 24.3 Å². The number of hydrogen-bond donors (Lipinski definition) is 1. The van der Waals surface area contributed by atoms with Gasteiger partial charge in [-0.15, -0.1) is 0 Å². The molecule has 2 unspecified atom stereocenters. The molecule has 0 aliphatic carbocycles. The Kier molecular flexibility index (Phi) is 10.8. The van der Waals surface area contributed by atoms with Crippen molar-refractivity contribution in [2.24, 2.45) is 0 Å². The predicted octanol–water partition coefficient (Wildman–Crippen LogP) is 2.21. The molecule has 152 valence electrons. The van der Waals surface area contributed by atoms with E-state index in [0.717, 1.165) is 5.75 Å². The third-order valence-corrected chi connectivity index (χ3v) is 4.52. The normalized spacial score (nSPS) is 13.1. The summed E-state index contributed by atoms with van der Waals surface area (Å²) in [5.41, 5.74) is 0.682. The third-order valence-electron chi connectivity index (χ3n) is 3.50. The molecule has 2 atom stereocenters. The van der Waals surface area contributed by atoms with E-state index in [-0.39, 0.29) is 23.4 Å². The van der Waals surface area contributed by atoms with Gasteiger partial charge in [0.1, 0.15) is 11.5 Å². The van der Waals surface area contributed by atoms with E-state index in [0.29, 0.717) is 24.5 Å². The fraction of sp³-hybridized carbons (Fsp3) is 0.579. The Bertz CT molecular complexity index is 578. The second-order valence-electron chi connectivity index (χ2n) is 6.04. The van der Waals surface area contributed by atoms with Gasteiger partial charge in [0.2, 0.25) is 5.91 Å². The molecule has 1 aromatic carbocycles. The number of ether oxygens (including phenoxy) is 4. The lowest BCUT2D eigenvalue weighted by Gasteiger charge is -2.26. The summed E-state index contributed by atoms with van der Waals surface area (Å²) in [4.78, 5) is 23.3. The first-order valence-electron chi connectivity index (χ1n) is 8.74. The molecule has 0 saturated carbocycles. The van der Waals surface area contributed by atoms with Gasteiger partial charge >= 0.3 is 5.97 Å². The summed E-state index contributed by atoms with van der Waals surface area (Å²) in [7, 11) is 1.74. The van der Waals surface area contributed by atoms with Crippen LogP contribution in [0.2, 0.25) is 0 Å². The maximum atomic E-state index is 11.9. The van der Waals surface area contributed by atoms with Gasteiger partial charge in [0, 0.05) is 26.3 Å². The Morgan fingerprint density at radius 3 is 2.37 bits per heavy atom. The first-order valence-corrected chi connectivity index (χ1v) is 10.9. The number of benzene rings is 1. The molecule has 1 amide bonds. The fourth-order valence-corrected chi connectivity index (χ4v) is 2.70. The number of amides is 1. The third kappa shape index (κ3) is 9.65. The summed E-state index contributed by atoms with van der Waals surface area (Å²) < 4.78 is 21.6. The quantitative estimate of drug-likeness (QED) is 0.329. The number of methoxy groups -OCH3 is 1. The van der Waals surface area contributed by atoms with Crippen molar-refractivity contribution in [1.29, 1.82) is 0 Å². The highest BCUT2D eigenvalue weighted by atomic mass is 32.2. The molecule has 0 aliphatic rings. The van der Waals surface area contributed by atoms with Crippen molar-refractivity contribution >= 4 is 28.5 Å². The Hall–Kier alpha value is -1.77. The molecule has 0 saturated heterocycles. The van der Waals surface area contributed by atoms with E-state index in [4.69, 9.17) is 18.9 Å². The molecule has 7 nitrogen and oxygen atoms in total. The molecule has 1 rings (SSSR count). The average Bonchev–Trinajstić information content (AvgIpc) is 2.61. The minimum absolute atomic E-state index is 0.0150. The number of carbonyl (C=O) groups is 2. The molecular formula is C19H30NO6S+. The summed E-state index contributed by atoms with van der Waals surface area (Å²) in [5, 5.41) is 2.85. The zero-order chi connectivity index (χ0) is 20.2. The SMILES string of the molecule is CCOCC(OC)C(OC(C)=O)Oc1ccc(NC(=O)CC[S+](C)C)cc1. The number of rotatable bonds is 12. The number of carbonyl (C=O) groups excluding carboxylic acids is 2. The zero-order valence-electron chi connectivity index (χ0n) is 16.7. The molecule has 0 aliphatic heterocycles. The number of anilines is 1. The van der Waals surface area contributed by atoms with Gasteiger partial charge in [0.15, 0.2) is 6.10 Å². The van der Waals surface area contributed by atoms with Crippen molar-refractivity contribution in [3.63, 3.8) is 0 Å². The first-order chi connectivity index (χ1) is 12.8. The van der Waals surface area contributed by atoms with Gasteiger partial charge in [-0.3, -0.25) is 9.59 Å². The largest absolute Gasteiger partial charge is 0.452 e. The highest BCUT2D eigenvalue weighted by molar-refractivity contribution is 7.95. The summed E-state index contributed by atoms with van der Waals surface area (Å²) in [6.45, 7) is 3.91. The molecule has 0 fully saturated rings. The smallest absolute Gasteiger partial charge is 0.305 e. The van der Waals surface area contributed by atoms with Crippen LogP contribution < -0.4 is 10.1 Å². The predicted molar refractivity (Wildman–Crippen MR) is 107 cm³/mol. The molecule has 8 heteroatoms. The van der Waals surface area contributed by atoms with Crippen LogP contribution in [-0.4, -0.2) is 62.9 Å². The lowest BCUT2D eigenvalue weighted by atomic mass is 10.3. The standard InChI is InChI=1S/C19H29NO6S/c1-6-24-13-17(23-3)19(25-14(2)21)26-16-9-7-15(8-10-16)20-18(22)11-12-27(4)5/h7-10,17,19H,6,11-13H2,1-5H3/p+1. The Morgan fingerprint density at radius 1 is 1.19 bits per heavy atom. The van der Waals surface area contributed by atoms with Gasteiger partial charge < -0.3 is 24.3 Å². The van der Waals surface area contributed by atoms with Crippen molar-refractivity contribution in [2.45, 2.75) is 32.7 Å². The monoisotopic (exact) mass is 400 g/mol. The summed E-state index contributed by atoms with van der Waals surface area (Å²) >= 11 is 0. The van der Waals surface area contributed by atoms with E-state index in [1.165, 1.54) is 14.0 Å². The average molecular weight is 401 g/mol. The van der Waals surface area contributed by atoms with Crippen molar-refractivity contribution in [1.82, 2.24) is 0 Å². The molecule has 0 bridgehead atoms. The minimum atomic E-state index is -0.938. The van der Waals surface area contributed by atoms with Crippen LogP contribution in [0.25, 0.3) is 0 Å². The molecule has 0 radical (unpaired) electrons.